The summed E-state index contributed by atoms with van der Waals surface area (Å²) in [4.78, 5) is 24.6. The van der Waals surface area contributed by atoms with Crippen LogP contribution >= 0.6 is 0 Å². The Hall–Kier alpha value is -2.30. The molecule has 4 rings (SSSR count). The van der Waals surface area contributed by atoms with Gasteiger partial charge in [0.2, 0.25) is 10.0 Å². The van der Waals surface area contributed by atoms with Crippen molar-refractivity contribution in [3.8, 4) is 0 Å². The Morgan fingerprint density at radius 2 is 1.91 bits per heavy atom. The monoisotopic (exact) mass is 463 g/mol. The first-order chi connectivity index (χ1) is 15.3. The molecule has 3 aliphatic rings. The molecular weight excluding hydrogens is 434 g/mol. The van der Waals surface area contributed by atoms with Crippen LogP contribution in [0.3, 0.4) is 0 Å². The first kappa shape index (κ1) is 22.9. The average molecular weight is 464 g/mol. The summed E-state index contributed by atoms with van der Waals surface area (Å²) >= 11 is 0. The summed E-state index contributed by atoms with van der Waals surface area (Å²) in [5, 5.41) is 11.0. The van der Waals surface area contributed by atoms with Gasteiger partial charge in [-0.25, -0.2) is 8.42 Å². The van der Waals surface area contributed by atoms with E-state index in [9.17, 15) is 23.3 Å². The van der Waals surface area contributed by atoms with Crippen molar-refractivity contribution in [2.45, 2.75) is 49.1 Å². The Morgan fingerprint density at radius 3 is 2.56 bits per heavy atom. The van der Waals surface area contributed by atoms with E-state index < -0.39 is 14.9 Å². The second kappa shape index (κ2) is 9.29. The SMILES string of the molecule is COC(=O)C/C=C\[C@@H]1[C@H]2CCCN3CCC[C@@H](CN1S(=O)(=O)c1ccc([N+](=O)[O-])cc1)[C@@H]23. The maximum absolute atomic E-state index is 13.7. The highest BCUT2D eigenvalue weighted by Gasteiger charge is 2.50. The number of non-ortho nitro benzene ring substituents is 1. The zero-order valence-electron chi connectivity index (χ0n) is 18.1. The summed E-state index contributed by atoms with van der Waals surface area (Å²) in [6.45, 7) is 2.50. The lowest BCUT2D eigenvalue weighted by molar-refractivity contribution is -0.384. The first-order valence-corrected chi connectivity index (χ1v) is 12.5. The third-order valence-corrected chi connectivity index (χ3v) is 8.91. The molecule has 0 unspecified atom stereocenters. The molecule has 4 atom stereocenters. The van der Waals surface area contributed by atoms with E-state index in [1.807, 2.05) is 6.08 Å². The minimum Gasteiger partial charge on any atom is -0.469 e. The highest BCUT2D eigenvalue weighted by molar-refractivity contribution is 7.89. The van der Waals surface area contributed by atoms with Gasteiger partial charge in [0, 0.05) is 30.8 Å². The number of hydrogen-bond acceptors (Lipinski definition) is 7. The van der Waals surface area contributed by atoms with Crippen molar-refractivity contribution in [1.29, 1.82) is 0 Å². The first-order valence-electron chi connectivity index (χ1n) is 11.1. The minimum atomic E-state index is -3.87. The number of ether oxygens (including phenoxy) is 1. The van der Waals surface area contributed by atoms with Crippen molar-refractivity contribution in [3.63, 3.8) is 0 Å². The van der Waals surface area contributed by atoms with E-state index in [-0.39, 0.29) is 40.9 Å². The molecule has 0 saturated carbocycles. The van der Waals surface area contributed by atoms with Crippen LogP contribution in [0.1, 0.15) is 32.1 Å². The fraction of sp³-hybridized carbons (Fsp3) is 0.591. The molecule has 3 saturated heterocycles. The highest BCUT2D eigenvalue weighted by Crippen LogP contribution is 2.44. The van der Waals surface area contributed by atoms with Crippen molar-refractivity contribution in [1.82, 2.24) is 9.21 Å². The van der Waals surface area contributed by atoms with Gasteiger partial charge in [-0.3, -0.25) is 19.8 Å². The number of sulfonamides is 1. The number of methoxy groups -OCH3 is 1. The maximum atomic E-state index is 13.7. The van der Waals surface area contributed by atoms with Gasteiger partial charge in [-0.15, -0.1) is 0 Å². The lowest BCUT2D eigenvalue weighted by Crippen LogP contribution is -2.65. The predicted octanol–water partition coefficient (Wildman–Crippen LogP) is 2.58. The van der Waals surface area contributed by atoms with Crippen molar-refractivity contribution in [2.24, 2.45) is 11.8 Å². The zero-order chi connectivity index (χ0) is 22.9. The van der Waals surface area contributed by atoms with E-state index in [2.05, 4.69) is 4.90 Å². The van der Waals surface area contributed by atoms with E-state index in [4.69, 9.17) is 4.74 Å². The molecule has 1 aromatic rings. The number of piperidine rings is 3. The summed E-state index contributed by atoms with van der Waals surface area (Å²) in [6, 6.07) is 5.04. The molecule has 0 N–H and O–H groups in total. The standard InChI is InChI=1S/C22H29N3O6S/c1-31-21(26)8-2-7-20-19-6-4-14-23-13-3-5-16(22(19)23)15-24(20)32(29,30)18-11-9-17(10-12-18)25(27)28/h2,7,9-12,16,19-20,22H,3-6,8,13-15H2,1H3/b7-2-/t16-,19+,20+,22-/m0/s1. The molecule has 0 radical (unpaired) electrons. The Labute approximate surface area is 188 Å². The molecule has 3 heterocycles. The van der Waals surface area contributed by atoms with Crippen molar-refractivity contribution < 1.29 is 22.9 Å². The number of nitrogens with zero attached hydrogens (tertiary/aromatic N) is 3. The molecule has 3 fully saturated rings. The van der Waals surface area contributed by atoms with Crippen molar-refractivity contribution >= 4 is 21.7 Å². The second-order valence-corrected chi connectivity index (χ2v) is 10.7. The fourth-order valence-electron chi connectivity index (χ4n) is 5.65. The summed E-state index contributed by atoms with van der Waals surface area (Å²) in [7, 11) is -2.54. The zero-order valence-corrected chi connectivity index (χ0v) is 18.9. The quantitative estimate of drug-likeness (QED) is 0.276. The van der Waals surface area contributed by atoms with Crippen LogP contribution in [0.25, 0.3) is 0 Å². The Bertz CT molecular complexity index is 991. The van der Waals surface area contributed by atoms with Crippen LogP contribution in [0.15, 0.2) is 41.3 Å². The maximum Gasteiger partial charge on any atom is 0.309 e. The molecule has 1 aromatic carbocycles. The molecule has 9 nitrogen and oxygen atoms in total. The van der Waals surface area contributed by atoms with Gasteiger partial charge >= 0.3 is 5.97 Å². The normalized spacial score (nSPS) is 28.9. The van der Waals surface area contributed by atoms with Gasteiger partial charge in [0.15, 0.2) is 0 Å². The van der Waals surface area contributed by atoms with Gasteiger partial charge in [0.1, 0.15) is 0 Å². The number of carbonyl (C=O) groups is 1. The lowest BCUT2D eigenvalue weighted by atomic mass is 9.70. The van der Waals surface area contributed by atoms with E-state index in [0.29, 0.717) is 12.6 Å². The van der Waals surface area contributed by atoms with Crippen LogP contribution < -0.4 is 0 Å². The van der Waals surface area contributed by atoms with Crippen molar-refractivity contribution in [3.05, 3.63) is 46.5 Å². The number of benzene rings is 1. The van der Waals surface area contributed by atoms with Crippen molar-refractivity contribution in [2.75, 3.05) is 26.7 Å². The Morgan fingerprint density at radius 1 is 1.22 bits per heavy atom. The number of nitro benzene ring substituents is 1. The summed E-state index contributed by atoms with van der Waals surface area (Å²) < 4.78 is 33.6. The minimum absolute atomic E-state index is 0.0522. The predicted molar refractivity (Wildman–Crippen MR) is 117 cm³/mol. The molecular formula is C22H29N3O6S. The van der Waals surface area contributed by atoms with Gasteiger partial charge in [-0.05, 0) is 62.7 Å². The number of nitro groups is 1. The van der Waals surface area contributed by atoms with Gasteiger partial charge in [0.05, 0.1) is 23.3 Å². The number of rotatable bonds is 6. The van der Waals surface area contributed by atoms with E-state index in [0.717, 1.165) is 38.8 Å². The van der Waals surface area contributed by atoms with Gasteiger partial charge in [-0.2, -0.15) is 4.31 Å². The van der Waals surface area contributed by atoms with Crippen LogP contribution in [-0.2, 0) is 19.6 Å². The highest BCUT2D eigenvalue weighted by atomic mass is 32.2. The summed E-state index contributed by atoms with van der Waals surface area (Å²) in [5.41, 5.74) is -0.146. The van der Waals surface area contributed by atoms with Crippen LogP contribution in [0, 0.1) is 22.0 Å². The molecule has 3 aliphatic heterocycles. The summed E-state index contributed by atoms with van der Waals surface area (Å²) in [5.74, 6) is 0.0271. The molecule has 0 aliphatic carbocycles. The molecule has 10 heteroatoms. The molecule has 32 heavy (non-hydrogen) atoms. The van der Waals surface area contributed by atoms with Gasteiger partial charge < -0.3 is 4.74 Å². The van der Waals surface area contributed by atoms with Gasteiger partial charge in [0.25, 0.3) is 5.69 Å². The Kier molecular flexibility index (Phi) is 6.64. The third kappa shape index (κ3) is 4.31. The Balaban J connectivity index is 1.69. The second-order valence-electron chi connectivity index (χ2n) is 8.76. The van der Waals surface area contributed by atoms with Crippen LogP contribution in [-0.4, -0.2) is 67.3 Å². The van der Waals surface area contributed by atoms with E-state index >= 15 is 0 Å². The largest absolute Gasteiger partial charge is 0.469 e. The molecule has 0 bridgehead atoms. The fourth-order valence-corrected chi connectivity index (χ4v) is 7.34. The molecule has 0 spiro atoms. The van der Waals surface area contributed by atoms with Crippen LogP contribution in [0.5, 0.6) is 0 Å². The van der Waals surface area contributed by atoms with E-state index in [1.165, 1.54) is 31.4 Å². The van der Waals surface area contributed by atoms with Gasteiger partial charge in [-0.1, -0.05) is 12.2 Å². The number of esters is 1. The molecule has 0 aromatic heterocycles. The topological polar surface area (TPSA) is 110 Å². The summed E-state index contributed by atoms with van der Waals surface area (Å²) in [6.07, 6.45) is 7.63. The third-order valence-electron chi connectivity index (χ3n) is 7.03. The molecule has 0 amide bonds. The van der Waals surface area contributed by atoms with Crippen LogP contribution in [0.4, 0.5) is 5.69 Å². The lowest BCUT2D eigenvalue weighted by Gasteiger charge is -2.56. The van der Waals surface area contributed by atoms with E-state index in [1.54, 1.807) is 10.4 Å². The number of hydrogen-bond donors (Lipinski definition) is 0. The molecule has 174 valence electrons. The number of carbonyl (C=O) groups excluding carboxylic acids is 1. The smallest absolute Gasteiger partial charge is 0.309 e. The van der Waals surface area contributed by atoms with Crippen LogP contribution in [0.2, 0.25) is 0 Å². The average Bonchev–Trinajstić information content (AvgIpc) is 2.80.